The predicted molar refractivity (Wildman–Crippen MR) is 78.1 cm³/mol. The van der Waals surface area contributed by atoms with Crippen molar-refractivity contribution in [2.24, 2.45) is 0 Å². The van der Waals surface area contributed by atoms with E-state index in [4.69, 9.17) is 0 Å². The molecule has 104 valence electrons. The zero-order chi connectivity index (χ0) is 14.9. The van der Waals surface area contributed by atoms with E-state index in [-0.39, 0.29) is 17.7 Å². The van der Waals surface area contributed by atoms with Gasteiger partial charge in [-0.1, -0.05) is 12.1 Å². The zero-order valence-corrected chi connectivity index (χ0v) is 12.5. The van der Waals surface area contributed by atoms with Gasteiger partial charge in [0.1, 0.15) is 5.82 Å². The largest absolute Gasteiger partial charge is 0.305 e. The Balaban J connectivity index is 2.52. The van der Waals surface area contributed by atoms with Crippen LogP contribution in [-0.4, -0.2) is 14.5 Å². The summed E-state index contributed by atoms with van der Waals surface area (Å²) in [5, 5.41) is 10.7. The first kappa shape index (κ1) is 14.6. The molecule has 0 atom stereocenters. The Hall–Kier alpha value is -1.84. The monoisotopic (exact) mass is 389 g/mol. The highest BCUT2D eigenvalue weighted by Crippen LogP contribution is 2.20. The Morgan fingerprint density at radius 3 is 2.85 bits per heavy atom. The highest BCUT2D eigenvalue weighted by Gasteiger charge is 2.18. The number of hydrogen-bond acceptors (Lipinski definition) is 4. The summed E-state index contributed by atoms with van der Waals surface area (Å²) in [6, 6.07) is 3.88. The smallest absolute Gasteiger partial charge is 0.291 e. The first-order valence-corrected chi connectivity index (χ1v) is 6.63. The van der Waals surface area contributed by atoms with Crippen LogP contribution in [0.2, 0.25) is 0 Å². The Morgan fingerprint density at radius 1 is 1.50 bits per heavy atom. The fourth-order valence-corrected chi connectivity index (χ4v) is 2.17. The van der Waals surface area contributed by atoms with Crippen LogP contribution in [0, 0.1) is 26.4 Å². The van der Waals surface area contributed by atoms with Gasteiger partial charge in [0.2, 0.25) is 5.82 Å². The van der Waals surface area contributed by atoms with Crippen LogP contribution in [0.3, 0.4) is 0 Å². The Morgan fingerprint density at radius 2 is 2.20 bits per heavy atom. The van der Waals surface area contributed by atoms with Gasteiger partial charge in [-0.3, -0.25) is 19.5 Å². The van der Waals surface area contributed by atoms with Gasteiger partial charge in [-0.25, -0.2) is 4.98 Å². The van der Waals surface area contributed by atoms with Crippen molar-refractivity contribution in [2.45, 2.75) is 13.5 Å². The van der Waals surface area contributed by atoms with Gasteiger partial charge in [-0.05, 0) is 29.5 Å². The summed E-state index contributed by atoms with van der Waals surface area (Å²) >= 11 is 1.84. The lowest BCUT2D eigenvalue weighted by molar-refractivity contribution is -0.387. The third kappa shape index (κ3) is 2.69. The van der Waals surface area contributed by atoms with E-state index in [1.165, 1.54) is 22.9 Å². The maximum absolute atomic E-state index is 14.0. The van der Waals surface area contributed by atoms with E-state index in [9.17, 15) is 19.3 Å². The van der Waals surface area contributed by atoms with Crippen molar-refractivity contribution in [2.75, 3.05) is 0 Å². The SMILES string of the molecule is Cc1ncc(I)c(=O)n1Cc1cccc([N+](=O)[O-])c1F. The van der Waals surface area contributed by atoms with Crippen LogP contribution in [0.15, 0.2) is 29.2 Å². The Bertz CT molecular complexity index is 745. The molecule has 0 saturated heterocycles. The van der Waals surface area contributed by atoms with Gasteiger partial charge < -0.3 is 0 Å². The number of nitro groups is 1. The lowest BCUT2D eigenvalue weighted by atomic mass is 10.2. The molecule has 0 radical (unpaired) electrons. The average molecular weight is 389 g/mol. The molecule has 0 N–H and O–H groups in total. The molecule has 2 rings (SSSR count). The number of halogens is 2. The highest BCUT2D eigenvalue weighted by atomic mass is 127. The number of benzene rings is 1. The van der Waals surface area contributed by atoms with Crippen LogP contribution >= 0.6 is 22.6 Å². The molecule has 0 spiro atoms. The normalized spacial score (nSPS) is 10.6. The number of hydrogen-bond donors (Lipinski definition) is 0. The van der Waals surface area contributed by atoms with E-state index in [0.29, 0.717) is 9.39 Å². The van der Waals surface area contributed by atoms with Crippen molar-refractivity contribution in [1.82, 2.24) is 9.55 Å². The molecule has 0 aliphatic heterocycles. The summed E-state index contributed by atoms with van der Waals surface area (Å²) in [6.45, 7) is 1.52. The molecule has 0 aliphatic carbocycles. The molecule has 20 heavy (non-hydrogen) atoms. The van der Waals surface area contributed by atoms with Crippen LogP contribution < -0.4 is 5.56 Å². The Labute approximate surface area is 126 Å². The zero-order valence-electron chi connectivity index (χ0n) is 10.3. The first-order chi connectivity index (χ1) is 9.41. The first-order valence-electron chi connectivity index (χ1n) is 5.55. The molecule has 6 nitrogen and oxygen atoms in total. The lowest BCUT2D eigenvalue weighted by Gasteiger charge is -2.10. The van der Waals surface area contributed by atoms with Crippen molar-refractivity contribution in [3.8, 4) is 0 Å². The number of aryl methyl sites for hydroxylation is 1. The van der Waals surface area contributed by atoms with Crippen LogP contribution in [0.25, 0.3) is 0 Å². The van der Waals surface area contributed by atoms with E-state index in [2.05, 4.69) is 4.98 Å². The fraction of sp³-hybridized carbons (Fsp3) is 0.167. The van der Waals surface area contributed by atoms with Gasteiger partial charge in [0.15, 0.2) is 0 Å². The van der Waals surface area contributed by atoms with Crippen LogP contribution in [-0.2, 0) is 6.54 Å². The van der Waals surface area contributed by atoms with E-state index in [1.54, 1.807) is 6.92 Å². The number of rotatable bonds is 3. The average Bonchev–Trinajstić information content (AvgIpc) is 2.40. The van der Waals surface area contributed by atoms with Crippen LogP contribution in [0.1, 0.15) is 11.4 Å². The van der Waals surface area contributed by atoms with Gasteiger partial charge in [0.25, 0.3) is 5.56 Å². The molecule has 2 aromatic rings. The highest BCUT2D eigenvalue weighted by molar-refractivity contribution is 14.1. The molecule has 0 unspecified atom stereocenters. The third-order valence-electron chi connectivity index (χ3n) is 2.79. The standard InChI is InChI=1S/C12H9FIN3O3/c1-7-15-5-9(14)12(18)16(7)6-8-3-2-4-10(11(8)13)17(19)20/h2-5H,6H2,1H3. The molecule has 0 saturated carbocycles. The molecule has 0 fully saturated rings. The van der Waals surface area contributed by atoms with E-state index < -0.39 is 16.4 Å². The van der Waals surface area contributed by atoms with E-state index in [0.717, 1.165) is 6.07 Å². The van der Waals surface area contributed by atoms with Crippen LogP contribution in [0.5, 0.6) is 0 Å². The van der Waals surface area contributed by atoms with Crippen LogP contribution in [0.4, 0.5) is 10.1 Å². The summed E-state index contributed by atoms with van der Waals surface area (Å²) in [6.07, 6.45) is 1.43. The minimum absolute atomic E-state index is 0.0770. The maximum Gasteiger partial charge on any atom is 0.305 e. The van der Waals surface area contributed by atoms with Gasteiger partial charge >= 0.3 is 5.69 Å². The quantitative estimate of drug-likeness (QED) is 0.459. The van der Waals surface area contributed by atoms with Crippen molar-refractivity contribution < 1.29 is 9.31 Å². The molecular weight excluding hydrogens is 380 g/mol. The van der Waals surface area contributed by atoms with Gasteiger partial charge in [0, 0.05) is 17.8 Å². The molecule has 0 bridgehead atoms. The summed E-state index contributed by atoms with van der Waals surface area (Å²) < 4.78 is 15.7. The Kier molecular flexibility index (Phi) is 4.12. The molecule has 1 aromatic carbocycles. The summed E-state index contributed by atoms with van der Waals surface area (Å²) in [7, 11) is 0. The summed E-state index contributed by atoms with van der Waals surface area (Å²) in [5.41, 5.74) is -0.830. The van der Waals surface area contributed by atoms with Gasteiger partial charge in [-0.15, -0.1) is 0 Å². The second-order valence-corrected chi connectivity index (χ2v) is 5.21. The second kappa shape index (κ2) is 5.65. The molecule has 1 aromatic heterocycles. The minimum Gasteiger partial charge on any atom is -0.291 e. The van der Waals surface area contributed by atoms with Crippen molar-refractivity contribution in [3.63, 3.8) is 0 Å². The summed E-state index contributed by atoms with van der Waals surface area (Å²) in [4.78, 5) is 25.9. The molecule has 0 aliphatic rings. The predicted octanol–water partition coefficient (Wildman–Crippen LogP) is 2.25. The summed E-state index contributed by atoms with van der Waals surface area (Å²) in [5.74, 6) is -0.510. The van der Waals surface area contributed by atoms with Crippen molar-refractivity contribution in [1.29, 1.82) is 0 Å². The number of aromatic nitrogens is 2. The van der Waals surface area contributed by atoms with Crippen molar-refractivity contribution >= 4 is 28.3 Å². The molecule has 0 amide bonds. The molecule has 1 heterocycles. The van der Waals surface area contributed by atoms with Gasteiger partial charge in [0.05, 0.1) is 15.0 Å². The molecule has 8 heteroatoms. The van der Waals surface area contributed by atoms with Crippen molar-refractivity contribution in [3.05, 3.63) is 65.6 Å². The third-order valence-corrected chi connectivity index (χ3v) is 3.53. The topological polar surface area (TPSA) is 78.0 Å². The number of nitro benzene ring substituents is 1. The van der Waals surface area contributed by atoms with E-state index in [1.807, 2.05) is 22.6 Å². The molecular formula is C12H9FIN3O3. The fourth-order valence-electron chi connectivity index (χ4n) is 1.74. The maximum atomic E-state index is 14.0. The minimum atomic E-state index is -0.928. The lowest BCUT2D eigenvalue weighted by Crippen LogP contribution is -2.26. The van der Waals surface area contributed by atoms with Gasteiger partial charge in [-0.2, -0.15) is 4.39 Å². The van der Waals surface area contributed by atoms with E-state index >= 15 is 0 Å². The second-order valence-electron chi connectivity index (χ2n) is 4.05. The number of nitrogens with zero attached hydrogens (tertiary/aromatic N) is 3.